The normalized spacial score (nSPS) is 23.7. The highest BCUT2D eigenvalue weighted by atomic mass is 16.2. The molecule has 9 nitrogen and oxygen atoms in total. The molecule has 4 rings (SSSR count). The van der Waals surface area contributed by atoms with Gasteiger partial charge < -0.3 is 10.6 Å². The highest BCUT2D eigenvalue weighted by Gasteiger charge is 2.34. The van der Waals surface area contributed by atoms with Gasteiger partial charge >= 0.3 is 5.69 Å². The number of para-hydroxylation sites is 1. The number of piperidine rings is 1. The van der Waals surface area contributed by atoms with E-state index in [0.717, 1.165) is 24.4 Å². The van der Waals surface area contributed by atoms with E-state index < -0.39 is 0 Å². The fraction of sp³-hybridized carbons (Fsp3) is 0.500. The van der Waals surface area contributed by atoms with Gasteiger partial charge in [0.05, 0.1) is 11.9 Å². The van der Waals surface area contributed by atoms with Gasteiger partial charge in [0.1, 0.15) is 11.9 Å². The second-order valence-electron chi connectivity index (χ2n) is 7.22. The van der Waals surface area contributed by atoms with Crippen LogP contribution >= 0.6 is 0 Å². The van der Waals surface area contributed by atoms with E-state index in [1.54, 1.807) is 11.6 Å². The third-order valence-electron chi connectivity index (χ3n) is 5.37. The van der Waals surface area contributed by atoms with Crippen molar-refractivity contribution in [2.75, 3.05) is 13.1 Å². The first-order valence-electron chi connectivity index (χ1n) is 9.31. The van der Waals surface area contributed by atoms with Crippen LogP contribution in [0.25, 0.3) is 5.69 Å². The van der Waals surface area contributed by atoms with Gasteiger partial charge in [0.2, 0.25) is 5.91 Å². The molecule has 2 aromatic rings. The SMILES string of the molecule is Cn1nc(C2CCN(C(=O)C3CC(N)NN3)CC2)n(-c2ccccc2)c1=O. The minimum atomic E-state index is -0.270. The summed E-state index contributed by atoms with van der Waals surface area (Å²) in [5.74, 6) is 0.985. The molecule has 27 heavy (non-hydrogen) atoms. The fourth-order valence-corrected chi connectivity index (χ4v) is 3.89. The van der Waals surface area contributed by atoms with Crippen molar-refractivity contribution >= 4 is 5.91 Å². The number of likely N-dealkylation sites (tertiary alicyclic amines) is 1. The Bertz CT molecular complexity index is 868. The number of hydrogen-bond donors (Lipinski definition) is 3. The summed E-state index contributed by atoms with van der Waals surface area (Å²) in [5.41, 5.74) is 12.3. The zero-order chi connectivity index (χ0) is 19.0. The van der Waals surface area contributed by atoms with Gasteiger partial charge in [0.25, 0.3) is 0 Å². The first-order valence-corrected chi connectivity index (χ1v) is 9.31. The van der Waals surface area contributed by atoms with Crippen LogP contribution in [0.2, 0.25) is 0 Å². The number of aromatic nitrogens is 3. The number of hydrogen-bond acceptors (Lipinski definition) is 6. The summed E-state index contributed by atoms with van der Waals surface area (Å²) < 4.78 is 3.07. The summed E-state index contributed by atoms with van der Waals surface area (Å²) in [6.07, 6.45) is 1.96. The smallest absolute Gasteiger partial charge is 0.341 e. The van der Waals surface area contributed by atoms with E-state index in [4.69, 9.17) is 5.73 Å². The molecule has 2 unspecified atom stereocenters. The predicted molar refractivity (Wildman–Crippen MR) is 100 cm³/mol. The molecule has 0 spiro atoms. The molecule has 0 bridgehead atoms. The quantitative estimate of drug-likeness (QED) is 0.666. The van der Waals surface area contributed by atoms with Crippen molar-refractivity contribution in [3.05, 3.63) is 46.6 Å². The zero-order valence-corrected chi connectivity index (χ0v) is 15.3. The topological polar surface area (TPSA) is 110 Å². The Balaban J connectivity index is 1.50. The van der Waals surface area contributed by atoms with Crippen LogP contribution in [0.4, 0.5) is 0 Å². The summed E-state index contributed by atoms with van der Waals surface area (Å²) >= 11 is 0. The van der Waals surface area contributed by atoms with Gasteiger partial charge in [-0.1, -0.05) is 18.2 Å². The monoisotopic (exact) mass is 371 g/mol. The van der Waals surface area contributed by atoms with Gasteiger partial charge in [-0.3, -0.25) is 4.79 Å². The van der Waals surface area contributed by atoms with Gasteiger partial charge in [-0.2, -0.15) is 5.10 Å². The average Bonchev–Trinajstić information content (AvgIpc) is 3.26. The molecule has 144 valence electrons. The second kappa shape index (κ2) is 7.26. The van der Waals surface area contributed by atoms with Gasteiger partial charge in [-0.25, -0.2) is 24.9 Å². The van der Waals surface area contributed by atoms with E-state index in [2.05, 4.69) is 16.0 Å². The van der Waals surface area contributed by atoms with Crippen molar-refractivity contribution in [2.24, 2.45) is 12.8 Å². The molecule has 1 aromatic carbocycles. The molecular weight excluding hydrogens is 346 g/mol. The van der Waals surface area contributed by atoms with Crippen LogP contribution in [-0.2, 0) is 11.8 Å². The molecule has 2 aliphatic heterocycles. The van der Waals surface area contributed by atoms with Crippen molar-refractivity contribution in [1.82, 2.24) is 30.1 Å². The standard InChI is InChI=1S/C18H25N7O2/c1-23-18(27)25(13-5-3-2-4-6-13)16(22-23)12-7-9-24(10-8-12)17(26)14-11-15(19)21-20-14/h2-6,12,14-15,20-21H,7-11,19H2,1H3. The Morgan fingerprint density at radius 3 is 2.52 bits per heavy atom. The van der Waals surface area contributed by atoms with Crippen LogP contribution in [0, 0.1) is 0 Å². The summed E-state index contributed by atoms with van der Waals surface area (Å²) in [5, 5.41) is 4.49. The van der Waals surface area contributed by atoms with Crippen LogP contribution in [0.15, 0.2) is 35.1 Å². The lowest BCUT2D eigenvalue weighted by Gasteiger charge is -2.33. The van der Waals surface area contributed by atoms with Crippen LogP contribution in [-0.4, -0.2) is 50.5 Å². The highest BCUT2D eigenvalue weighted by molar-refractivity contribution is 5.82. The summed E-state index contributed by atoms with van der Waals surface area (Å²) in [4.78, 5) is 27.1. The van der Waals surface area contributed by atoms with Crippen LogP contribution < -0.4 is 22.3 Å². The number of aryl methyl sites for hydroxylation is 1. The molecule has 2 atom stereocenters. The van der Waals surface area contributed by atoms with Gasteiger partial charge in [0, 0.05) is 32.5 Å². The minimum Gasteiger partial charge on any atom is -0.341 e. The molecule has 9 heteroatoms. The number of carbonyl (C=O) groups is 1. The average molecular weight is 371 g/mol. The minimum absolute atomic E-state index is 0.0790. The van der Waals surface area contributed by atoms with Gasteiger partial charge in [-0.15, -0.1) is 0 Å². The van der Waals surface area contributed by atoms with E-state index in [1.165, 1.54) is 4.68 Å². The number of hydrazine groups is 1. The van der Waals surface area contributed by atoms with Crippen molar-refractivity contribution in [3.8, 4) is 5.69 Å². The molecule has 4 N–H and O–H groups in total. The van der Waals surface area contributed by atoms with Gasteiger partial charge in [0.15, 0.2) is 0 Å². The number of amides is 1. The van der Waals surface area contributed by atoms with Crippen LogP contribution in [0.5, 0.6) is 0 Å². The number of nitrogens with one attached hydrogen (secondary N) is 2. The lowest BCUT2D eigenvalue weighted by molar-refractivity contribution is -0.134. The van der Waals surface area contributed by atoms with Crippen molar-refractivity contribution in [1.29, 1.82) is 0 Å². The van der Waals surface area contributed by atoms with Gasteiger partial charge in [-0.05, 0) is 25.0 Å². The molecule has 0 radical (unpaired) electrons. The number of rotatable bonds is 3. The van der Waals surface area contributed by atoms with Crippen molar-refractivity contribution in [2.45, 2.75) is 37.4 Å². The molecular formula is C18H25N7O2. The first kappa shape index (κ1) is 17.9. The van der Waals surface area contributed by atoms with E-state index in [9.17, 15) is 9.59 Å². The molecule has 0 saturated carbocycles. The number of nitrogens with two attached hydrogens (primary N) is 1. The van der Waals surface area contributed by atoms with E-state index in [-0.39, 0.29) is 29.7 Å². The van der Waals surface area contributed by atoms with E-state index in [0.29, 0.717) is 19.5 Å². The maximum atomic E-state index is 12.6. The fourth-order valence-electron chi connectivity index (χ4n) is 3.89. The van der Waals surface area contributed by atoms with E-state index in [1.807, 2.05) is 35.2 Å². The lowest BCUT2D eigenvalue weighted by atomic mass is 9.95. The maximum Gasteiger partial charge on any atom is 0.350 e. The first-order chi connectivity index (χ1) is 13.0. The highest BCUT2D eigenvalue weighted by Crippen LogP contribution is 2.28. The summed E-state index contributed by atoms with van der Waals surface area (Å²) in [6, 6.07) is 9.29. The van der Waals surface area contributed by atoms with Crippen molar-refractivity contribution < 1.29 is 4.79 Å². The number of benzene rings is 1. The molecule has 2 fully saturated rings. The predicted octanol–water partition coefficient (Wildman–Crippen LogP) is -0.572. The number of carbonyl (C=O) groups excluding carboxylic acids is 1. The summed E-state index contributed by atoms with van der Waals surface area (Å²) in [7, 11) is 1.67. The third kappa shape index (κ3) is 3.41. The van der Waals surface area contributed by atoms with Crippen molar-refractivity contribution in [3.63, 3.8) is 0 Å². The zero-order valence-electron chi connectivity index (χ0n) is 15.3. The molecule has 2 saturated heterocycles. The Hall–Kier alpha value is -2.49. The molecule has 0 aliphatic carbocycles. The third-order valence-corrected chi connectivity index (χ3v) is 5.37. The largest absolute Gasteiger partial charge is 0.350 e. The Labute approximate surface area is 157 Å². The Morgan fingerprint density at radius 2 is 1.89 bits per heavy atom. The summed E-state index contributed by atoms with van der Waals surface area (Å²) in [6.45, 7) is 1.30. The maximum absolute atomic E-state index is 12.6. The van der Waals surface area contributed by atoms with E-state index >= 15 is 0 Å². The molecule has 1 aromatic heterocycles. The Kier molecular flexibility index (Phi) is 4.81. The molecule has 3 heterocycles. The molecule has 2 aliphatic rings. The lowest BCUT2D eigenvalue weighted by Crippen LogP contribution is -2.48. The molecule has 1 amide bonds. The van der Waals surface area contributed by atoms with Crippen LogP contribution in [0.1, 0.15) is 31.0 Å². The Morgan fingerprint density at radius 1 is 1.19 bits per heavy atom. The van der Waals surface area contributed by atoms with Crippen LogP contribution in [0.3, 0.4) is 0 Å². The number of nitrogens with zero attached hydrogens (tertiary/aromatic N) is 4. The second-order valence-corrected chi connectivity index (χ2v) is 7.22.